The number of aliphatic carboxylic acids is 1. The molecule has 1 aromatic rings. The van der Waals surface area contributed by atoms with Crippen LogP contribution in [-0.4, -0.2) is 23.0 Å². The van der Waals surface area contributed by atoms with Gasteiger partial charge in [-0.05, 0) is 23.6 Å². The SMILES string of the molecule is CCC(C)[C@H](NC(=O)Cc1ccc(Br)cc1)C(=O)O. The first-order valence-corrected chi connectivity index (χ1v) is 7.00. The molecule has 0 aliphatic carbocycles. The topological polar surface area (TPSA) is 66.4 Å². The highest BCUT2D eigenvalue weighted by Crippen LogP contribution is 2.12. The lowest BCUT2D eigenvalue weighted by molar-refractivity contribution is -0.143. The van der Waals surface area contributed by atoms with Crippen LogP contribution in [-0.2, 0) is 16.0 Å². The number of hydrogen-bond acceptors (Lipinski definition) is 2. The van der Waals surface area contributed by atoms with Gasteiger partial charge in [-0.15, -0.1) is 0 Å². The highest BCUT2D eigenvalue weighted by molar-refractivity contribution is 9.10. The first-order valence-electron chi connectivity index (χ1n) is 6.20. The summed E-state index contributed by atoms with van der Waals surface area (Å²) in [5.41, 5.74) is 0.856. The number of benzene rings is 1. The van der Waals surface area contributed by atoms with Crippen LogP contribution in [0, 0.1) is 5.92 Å². The number of nitrogens with one attached hydrogen (secondary N) is 1. The molecule has 0 saturated carbocycles. The highest BCUT2D eigenvalue weighted by Gasteiger charge is 2.25. The van der Waals surface area contributed by atoms with Gasteiger partial charge < -0.3 is 10.4 Å². The van der Waals surface area contributed by atoms with Crippen LogP contribution in [0.25, 0.3) is 0 Å². The van der Waals surface area contributed by atoms with E-state index in [-0.39, 0.29) is 18.2 Å². The van der Waals surface area contributed by atoms with E-state index in [1.165, 1.54) is 0 Å². The van der Waals surface area contributed by atoms with Crippen LogP contribution in [0.2, 0.25) is 0 Å². The molecular formula is C14H18BrNO3. The van der Waals surface area contributed by atoms with Crippen molar-refractivity contribution in [3.63, 3.8) is 0 Å². The average molecular weight is 328 g/mol. The Morgan fingerprint density at radius 1 is 1.32 bits per heavy atom. The summed E-state index contributed by atoms with van der Waals surface area (Å²) in [6, 6.07) is 6.55. The van der Waals surface area contributed by atoms with E-state index in [1.807, 2.05) is 38.1 Å². The molecule has 2 atom stereocenters. The summed E-state index contributed by atoms with van der Waals surface area (Å²) in [5, 5.41) is 11.7. The van der Waals surface area contributed by atoms with Crippen molar-refractivity contribution in [3.05, 3.63) is 34.3 Å². The van der Waals surface area contributed by atoms with Gasteiger partial charge in [0.15, 0.2) is 0 Å². The van der Waals surface area contributed by atoms with Gasteiger partial charge in [-0.3, -0.25) is 4.79 Å². The van der Waals surface area contributed by atoms with Crippen molar-refractivity contribution in [2.24, 2.45) is 5.92 Å². The molecule has 0 aliphatic rings. The summed E-state index contributed by atoms with van der Waals surface area (Å²) >= 11 is 3.32. The Bertz CT molecular complexity index is 445. The molecule has 104 valence electrons. The monoisotopic (exact) mass is 327 g/mol. The largest absolute Gasteiger partial charge is 0.480 e. The molecule has 0 radical (unpaired) electrons. The Kier molecular flexibility index (Phi) is 6.02. The second-order valence-electron chi connectivity index (χ2n) is 4.57. The molecule has 5 heteroatoms. The van der Waals surface area contributed by atoms with E-state index < -0.39 is 12.0 Å². The van der Waals surface area contributed by atoms with Crippen molar-refractivity contribution in [1.29, 1.82) is 0 Å². The fourth-order valence-electron chi connectivity index (χ4n) is 1.70. The number of hydrogen-bond donors (Lipinski definition) is 2. The van der Waals surface area contributed by atoms with E-state index in [0.29, 0.717) is 6.42 Å². The van der Waals surface area contributed by atoms with E-state index in [4.69, 9.17) is 5.11 Å². The third-order valence-electron chi connectivity index (χ3n) is 3.07. The van der Waals surface area contributed by atoms with Crippen molar-refractivity contribution >= 4 is 27.8 Å². The van der Waals surface area contributed by atoms with Crippen molar-refractivity contribution in [2.75, 3.05) is 0 Å². The molecule has 0 spiro atoms. The zero-order valence-electron chi connectivity index (χ0n) is 11.0. The predicted molar refractivity (Wildman–Crippen MR) is 76.9 cm³/mol. The van der Waals surface area contributed by atoms with Crippen LogP contribution in [0.15, 0.2) is 28.7 Å². The lowest BCUT2D eigenvalue weighted by atomic mass is 9.99. The Labute approximate surface area is 121 Å². The molecule has 19 heavy (non-hydrogen) atoms. The lowest BCUT2D eigenvalue weighted by Gasteiger charge is -2.20. The summed E-state index contributed by atoms with van der Waals surface area (Å²) in [4.78, 5) is 23.0. The van der Waals surface area contributed by atoms with E-state index in [2.05, 4.69) is 21.2 Å². The third-order valence-corrected chi connectivity index (χ3v) is 3.60. The van der Waals surface area contributed by atoms with Crippen LogP contribution in [0.1, 0.15) is 25.8 Å². The van der Waals surface area contributed by atoms with Gasteiger partial charge in [0.2, 0.25) is 5.91 Å². The zero-order valence-corrected chi connectivity index (χ0v) is 12.6. The zero-order chi connectivity index (χ0) is 14.4. The standard InChI is InChI=1S/C14H18BrNO3/c1-3-9(2)13(14(18)19)16-12(17)8-10-4-6-11(15)7-5-10/h4-7,9,13H,3,8H2,1-2H3,(H,16,17)(H,18,19)/t9?,13-/m0/s1. The molecule has 0 heterocycles. The van der Waals surface area contributed by atoms with E-state index in [9.17, 15) is 9.59 Å². The van der Waals surface area contributed by atoms with Crippen LogP contribution < -0.4 is 5.32 Å². The molecule has 0 aliphatic heterocycles. The molecule has 1 aromatic carbocycles. The van der Waals surface area contributed by atoms with Crippen molar-refractivity contribution < 1.29 is 14.7 Å². The summed E-state index contributed by atoms with van der Waals surface area (Å²) < 4.78 is 0.944. The van der Waals surface area contributed by atoms with Gasteiger partial charge in [0, 0.05) is 4.47 Å². The maximum atomic E-state index is 11.8. The minimum absolute atomic E-state index is 0.0913. The maximum absolute atomic E-state index is 11.8. The molecule has 2 N–H and O–H groups in total. The summed E-state index contributed by atoms with van der Waals surface area (Å²) in [7, 11) is 0. The Balaban J connectivity index is 2.62. The minimum atomic E-state index is -0.987. The molecular weight excluding hydrogens is 310 g/mol. The average Bonchev–Trinajstić information content (AvgIpc) is 2.37. The molecule has 0 fully saturated rings. The number of rotatable bonds is 6. The lowest BCUT2D eigenvalue weighted by Crippen LogP contribution is -2.45. The van der Waals surface area contributed by atoms with Gasteiger partial charge in [-0.1, -0.05) is 48.3 Å². The molecule has 0 bridgehead atoms. The van der Waals surface area contributed by atoms with Crippen molar-refractivity contribution in [2.45, 2.75) is 32.7 Å². The quantitative estimate of drug-likeness (QED) is 0.844. The van der Waals surface area contributed by atoms with Crippen molar-refractivity contribution in [1.82, 2.24) is 5.32 Å². The molecule has 1 unspecified atom stereocenters. The first-order chi connectivity index (χ1) is 8.93. The maximum Gasteiger partial charge on any atom is 0.326 e. The van der Waals surface area contributed by atoms with Gasteiger partial charge in [0.1, 0.15) is 6.04 Å². The van der Waals surface area contributed by atoms with Crippen molar-refractivity contribution in [3.8, 4) is 0 Å². The summed E-state index contributed by atoms with van der Waals surface area (Å²) in [5.74, 6) is -1.35. The second kappa shape index (κ2) is 7.28. The van der Waals surface area contributed by atoms with Gasteiger partial charge in [-0.2, -0.15) is 0 Å². The summed E-state index contributed by atoms with van der Waals surface area (Å²) in [6.07, 6.45) is 0.892. The fraction of sp³-hybridized carbons (Fsp3) is 0.429. The number of halogens is 1. The molecule has 1 rings (SSSR count). The first kappa shape index (κ1) is 15.7. The number of carboxylic acids is 1. The minimum Gasteiger partial charge on any atom is -0.480 e. The number of amides is 1. The molecule has 4 nitrogen and oxygen atoms in total. The van der Waals surface area contributed by atoms with Crippen LogP contribution in [0.4, 0.5) is 0 Å². The van der Waals surface area contributed by atoms with Crippen LogP contribution >= 0.6 is 15.9 Å². The van der Waals surface area contributed by atoms with E-state index in [0.717, 1.165) is 10.0 Å². The molecule has 1 amide bonds. The third kappa shape index (κ3) is 5.03. The van der Waals surface area contributed by atoms with E-state index >= 15 is 0 Å². The number of carbonyl (C=O) groups excluding carboxylic acids is 1. The fourth-order valence-corrected chi connectivity index (χ4v) is 1.96. The van der Waals surface area contributed by atoms with Gasteiger partial charge in [-0.25, -0.2) is 4.79 Å². The smallest absolute Gasteiger partial charge is 0.326 e. The van der Waals surface area contributed by atoms with Gasteiger partial charge >= 0.3 is 5.97 Å². The normalized spacial score (nSPS) is 13.6. The van der Waals surface area contributed by atoms with E-state index in [1.54, 1.807) is 0 Å². The Hall–Kier alpha value is -1.36. The Morgan fingerprint density at radius 3 is 2.37 bits per heavy atom. The second-order valence-corrected chi connectivity index (χ2v) is 5.49. The van der Waals surface area contributed by atoms with Gasteiger partial charge in [0.25, 0.3) is 0 Å². The predicted octanol–water partition coefficient (Wildman–Crippen LogP) is 2.61. The van der Waals surface area contributed by atoms with Gasteiger partial charge in [0.05, 0.1) is 6.42 Å². The summed E-state index contributed by atoms with van der Waals surface area (Å²) in [6.45, 7) is 3.72. The Morgan fingerprint density at radius 2 is 1.89 bits per heavy atom. The van der Waals surface area contributed by atoms with Crippen LogP contribution in [0.3, 0.4) is 0 Å². The molecule has 0 aromatic heterocycles. The van der Waals surface area contributed by atoms with Crippen LogP contribution in [0.5, 0.6) is 0 Å². The number of carbonyl (C=O) groups is 2. The number of carboxylic acid groups (broad SMARTS) is 1. The molecule has 0 saturated heterocycles. The highest BCUT2D eigenvalue weighted by atomic mass is 79.9.